The minimum atomic E-state index is -4.70. The Morgan fingerprint density at radius 3 is 2.36 bits per heavy atom. The largest absolute Gasteiger partial charge is 0.526 e. The molecule has 0 atom stereocenters. The first-order chi connectivity index (χ1) is 6.31. The molecule has 0 saturated carbocycles. The summed E-state index contributed by atoms with van der Waals surface area (Å²) in [6, 6.07) is 0. The molecule has 0 spiro atoms. The lowest BCUT2D eigenvalue weighted by molar-refractivity contribution is 0.279. The van der Waals surface area contributed by atoms with E-state index in [4.69, 9.17) is 44.6 Å². The SMILES string of the molecule is O=P(O)(O)Oc1ncc(Cl)c(Cl)c1Cl. The molecule has 1 aromatic rings. The summed E-state index contributed by atoms with van der Waals surface area (Å²) in [6.07, 6.45) is 1.07. The summed E-state index contributed by atoms with van der Waals surface area (Å²) in [6.45, 7) is 0. The Kier molecular flexibility index (Phi) is 3.63. The Labute approximate surface area is 93.8 Å². The molecule has 0 aliphatic rings. The van der Waals surface area contributed by atoms with E-state index in [1.165, 1.54) is 0 Å². The topological polar surface area (TPSA) is 79.7 Å². The highest BCUT2D eigenvalue weighted by molar-refractivity contribution is 7.46. The molecule has 0 amide bonds. The number of pyridine rings is 1. The van der Waals surface area contributed by atoms with Gasteiger partial charge in [-0.1, -0.05) is 34.8 Å². The maximum atomic E-state index is 10.4. The number of nitrogens with zero attached hydrogens (tertiary/aromatic N) is 1. The number of phosphoric ester groups is 1. The number of hydrogen-bond donors (Lipinski definition) is 2. The lowest BCUT2D eigenvalue weighted by Crippen LogP contribution is -1.94. The minimum Gasteiger partial charge on any atom is -0.384 e. The monoisotopic (exact) mass is 277 g/mol. The molecule has 78 valence electrons. The van der Waals surface area contributed by atoms with Gasteiger partial charge in [-0.05, 0) is 0 Å². The fourth-order valence-electron chi connectivity index (χ4n) is 0.604. The van der Waals surface area contributed by atoms with Crippen molar-refractivity contribution < 1.29 is 18.9 Å². The van der Waals surface area contributed by atoms with Gasteiger partial charge in [0, 0.05) is 0 Å². The van der Waals surface area contributed by atoms with Gasteiger partial charge in [0.25, 0.3) is 0 Å². The van der Waals surface area contributed by atoms with Gasteiger partial charge in [-0.25, -0.2) is 9.55 Å². The number of aromatic nitrogens is 1. The zero-order valence-corrected chi connectivity index (χ0v) is 9.48. The molecule has 0 radical (unpaired) electrons. The minimum absolute atomic E-state index is 0.0646. The number of hydrogen-bond acceptors (Lipinski definition) is 3. The summed E-state index contributed by atoms with van der Waals surface area (Å²) in [5, 5.41) is -0.260. The maximum Gasteiger partial charge on any atom is 0.526 e. The normalized spacial score (nSPS) is 11.5. The van der Waals surface area contributed by atoms with Crippen LogP contribution < -0.4 is 4.52 Å². The van der Waals surface area contributed by atoms with Crippen molar-refractivity contribution >= 4 is 42.6 Å². The Morgan fingerprint density at radius 1 is 1.29 bits per heavy atom. The van der Waals surface area contributed by atoms with Gasteiger partial charge >= 0.3 is 7.82 Å². The Balaban J connectivity index is 3.12. The quantitative estimate of drug-likeness (QED) is 0.813. The molecule has 1 aromatic heterocycles. The zero-order chi connectivity index (χ0) is 10.9. The van der Waals surface area contributed by atoms with Gasteiger partial charge in [0.15, 0.2) is 0 Å². The first kappa shape index (κ1) is 12.0. The van der Waals surface area contributed by atoms with Crippen molar-refractivity contribution in [2.75, 3.05) is 0 Å². The van der Waals surface area contributed by atoms with Crippen molar-refractivity contribution in [3.05, 3.63) is 21.3 Å². The summed E-state index contributed by atoms with van der Waals surface area (Å²) in [7, 11) is -4.70. The van der Waals surface area contributed by atoms with E-state index in [-0.39, 0.29) is 15.1 Å². The van der Waals surface area contributed by atoms with Crippen molar-refractivity contribution in [1.82, 2.24) is 4.98 Å². The van der Waals surface area contributed by atoms with Gasteiger partial charge in [0.05, 0.1) is 16.2 Å². The molecule has 0 aromatic carbocycles. The van der Waals surface area contributed by atoms with E-state index in [2.05, 4.69) is 9.51 Å². The number of halogens is 3. The Hall–Kier alpha value is -0.0300. The predicted molar refractivity (Wildman–Crippen MR) is 51.9 cm³/mol. The molecule has 0 aliphatic heterocycles. The molecule has 0 aliphatic carbocycles. The third kappa shape index (κ3) is 2.98. The summed E-state index contributed by atoms with van der Waals surface area (Å²) in [5.41, 5.74) is 0. The molecular formula is C5H3Cl3NO4P. The summed E-state index contributed by atoms with van der Waals surface area (Å²) < 4.78 is 14.6. The van der Waals surface area contributed by atoms with Crippen LogP contribution in [-0.2, 0) is 4.57 Å². The van der Waals surface area contributed by atoms with Crippen molar-refractivity contribution in [2.45, 2.75) is 0 Å². The number of phosphoric acid groups is 1. The summed E-state index contributed by atoms with van der Waals surface area (Å²) in [5.74, 6) is -0.464. The second-order valence-electron chi connectivity index (χ2n) is 2.12. The van der Waals surface area contributed by atoms with Crippen LogP contribution in [0.25, 0.3) is 0 Å². The van der Waals surface area contributed by atoms with Crippen molar-refractivity contribution in [3.63, 3.8) is 0 Å². The molecule has 0 fully saturated rings. The van der Waals surface area contributed by atoms with Crippen LogP contribution in [0.2, 0.25) is 15.1 Å². The van der Waals surface area contributed by atoms with Crippen LogP contribution >= 0.6 is 42.6 Å². The van der Waals surface area contributed by atoms with Gasteiger partial charge in [-0.15, -0.1) is 0 Å². The number of rotatable bonds is 2. The predicted octanol–water partition coefficient (Wildman–Crippen LogP) is 2.51. The van der Waals surface area contributed by atoms with E-state index in [9.17, 15) is 4.57 Å². The molecule has 5 nitrogen and oxygen atoms in total. The van der Waals surface area contributed by atoms with Crippen molar-refractivity contribution in [1.29, 1.82) is 0 Å². The van der Waals surface area contributed by atoms with E-state index >= 15 is 0 Å². The molecule has 14 heavy (non-hydrogen) atoms. The first-order valence-electron chi connectivity index (χ1n) is 3.06. The molecular weight excluding hydrogens is 275 g/mol. The third-order valence-electron chi connectivity index (χ3n) is 1.09. The van der Waals surface area contributed by atoms with Crippen LogP contribution in [0, 0.1) is 0 Å². The summed E-state index contributed by atoms with van der Waals surface area (Å²) >= 11 is 16.7. The average Bonchev–Trinajstić information content (AvgIpc) is 2.04. The highest BCUT2D eigenvalue weighted by Gasteiger charge is 2.21. The smallest absolute Gasteiger partial charge is 0.384 e. The maximum absolute atomic E-state index is 10.4. The van der Waals surface area contributed by atoms with Crippen molar-refractivity contribution in [2.24, 2.45) is 0 Å². The average molecular weight is 278 g/mol. The molecule has 9 heteroatoms. The highest BCUT2D eigenvalue weighted by atomic mass is 35.5. The zero-order valence-electron chi connectivity index (χ0n) is 6.32. The van der Waals surface area contributed by atoms with Crippen LogP contribution in [0.1, 0.15) is 0 Å². The molecule has 0 bridgehead atoms. The highest BCUT2D eigenvalue weighted by Crippen LogP contribution is 2.43. The van der Waals surface area contributed by atoms with Gasteiger partial charge in [0.1, 0.15) is 5.02 Å². The van der Waals surface area contributed by atoms with Gasteiger partial charge in [-0.2, -0.15) is 0 Å². The lowest BCUT2D eigenvalue weighted by atomic mass is 10.5. The third-order valence-corrected chi connectivity index (χ3v) is 2.72. The second-order valence-corrected chi connectivity index (χ2v) is 4.45. The summed E-state index contributed by atoms with van der Waals surface area (Å²) in [4.78, 5) is 20.4. The first-order valence-corrected chi connectivity index (χ1v) is 5.72. The van der Waals surface area contributed by atoms with E-state index in [0.29, 0.717) is 0 Å². The Morgan fingerprint density at radius 2 is 1.86 bits per heavy atom. The fourth-order valence-corrected chi connectivity index (χ4v) is 1.53. The van der Waals surface area contributed by atoms with Gasteiger partial charge in [0.2, 0.25) is 5.88 Å². The molecule has 2 N–H and O–H groups in total. The van der Waals surface area contributed by atoms with Crippen LogP contribution in [0.5, 0.6) is 5.88 Å². The van der Waals surface area contributed by atoms with E-state index in [1.54, 1.807) is 0 Å². The Bertz CT molecular complexity index is 406. The lowest BCUT2D eigenvalue weighted by Gasteiger charge is -2.08. The van der Waals surface area contributed by atoms with E-state index < -0.39 is 13.7 Å². The fraction of sp³-hybridized carbons (Fsp3) is 0. The second kappa shape index (κ2) is 4.23. The molecule has 0 saturated heterocycles. The standard InChI is InChI=1S/C5H3Cl3NO4P/c6-2-1-9-5(4(8)3(2)7)13-14(10,11)12/h1H,(H2,10,11,12). The molecule has 0 unspecified atom stereocenters. The van der Waals surface area contributed by atoms with Crippen LogP contribution in [0.15, 0.2) is 6.20 Å². The van der Waals surface area contributed by atoms with Gasteiger partial charge in [-0.3, -0.25) is 9.79 Å². The van der Waals surface area contributed by atoms with Crippen molar-refractivity contribution in [3.8, 4) is 5.88 Å². The molecule has 1 heterocycles. The van der Waals surface area contributed by atoms with E-state index in [0.717, 1.165) is 6.20 Å². The van der Waals surface area contributed by atoms with Gasteiger partial charge < -0.3 is 4.52 Å². The van der Waals surface area contributed by atoms with Crippen LogP contribution in [0.4, 0.5) is 0 Å². The molecule has 1 rings (SSSR count). The van der Waals surface area contributed by atoms with Crippen LogP contribution in [0.3, 0.4) is 0 Å². The van der Waals surface area contributed by atoms with Crippen LogP contribution in [-0.4, -0.2) is 14.8 Å². The van der Waals surface area contributed by atoms with E-state index in [1.807, 2.05) is 0 Å².